The molecule has 0 unspecified atom stereocenters. The number of nitrogens with one attached hydrogen (secondary N) is 2. The first-order chi connectivity index (χ1) is 13.5. The minimum atomic E-state index is -0.595. The Morgan fingerprint density at radius 1 is 1.11 bits per heavy atom. The molecule has 0 heterocycles. The van der Waals surface area contributed by atoms with Gasteiger partial charge in [-0.05, 0) is 36.3 Å². The van der Waals surface area contributed by atoms with E-state index in [1.54, 1.807) is 18.2 Å². The van der Waals surface area contributed by atoms with E-state index in [-0.39, 0.29) is 12.3 Å². The van der Waals surface area contributed by atoms with E-state index in [1.807, 2.05) is 31.2 Å². The van der Waals surface area contributed by atoms with Gasteiger partial charge in [-0.25, -0.2) is 4.79 Å². The summed E-state index contributed by atoms with van der Waals surface area (Å²) in [5.74, 6) is -1.01. The van der Waals surface area contributed by atoms with E-state index in [1.165, 1.54) is 18.2 Å². The molecule has 146 valence electrons. The molecule has 0 radical (unpaired) electrons. The highest BCUT2D eigenvalue weighted by molar-refractivity contribution is 5.89. The highest BCUT2D eigenvalue weighted by Crippen LogP contribution is 2.14. The van der Waals surface area contributed by atoms with Crippen molar-refractivity contribution in [1.82, 2.24) is 5.32 Å². The summed E-state index contributed by atoms with van der Waals surface area (Å²) in [5, 5.41) is 16.2. The molecule has 1 amide bonds. The number of benzene rings is 2. The normalized spacial score (nSPS) is 10.5. The molecule has 0 saturated carbocycles. The lowest BCUT2D eigenvalue weighted by molar-refractivity contribution is -0.384. The standard InChI is InChI=1S/C20H21N3O5/c1-15-4-2-3-5-16(15)6-11-20(25)28-14-19(24)22-13-12-21-17-7-9-18(10-8-17)23(26)27/h2-11,21H,12-14H2,1H3,(H,22,24)/b11-6+. The van der Waals surface area contributed by atoms with Crippen LogP contribution in [0.4, 0.5) is 11.4 Å². The predicted octanol–water partition coefficient (Wildman–Crippen LogP) is 2.69. The minimum Gasteiger partial charge on any atom is -0.452 e. The van der Waals surface area contributed by atoms with Gasteiger partial charge in [-0.2, -0.15) is 0 Å². The van der Waals surface area contributed by atoms with Crippen LogP contribution in [0.25, 0.3) is 6.08 Å². The molecule has 2 rings (SSSR count). The topological polar surface area (TPSA) is 111 Å². The minimum absolute atomic E-state index is 0.0112. The number of anilines is 1. The van der Waals surface area contributed by atoms with Crippen LogP contribution in [0.2, 0.25) is 0 Å². The molecular formula is C20H21N3O5. The fourth-order valence-corrected chi connectivity index (χ4v) is 2.28. The first-order valence-corrected chi connectivity index (χ1v) is 8.61. The Balaban J connectivity index is 1.63. The number of aryl methyl sites for hydroxylation is 1. The van der Waals surface area contributed by atoms with Crippen molar-refractivity contribution < 1.29 is 19.2 Å². The van der Waals surface area contributed by atoms with Gasteiger partial charge in [0.25, 0.3) is 11.6 Å². The molecule has 8 heteroatoms. The van der Waals surface area contributed by atoms with Crippen LogP contribution in [-0.2, 0) is 14.3 Å². The number of nitro groups is 1. The smallest absolute Gasteiger partial charge is 0.331 e. The van der Waals surface area contributed by atoms with E-state index in [0.717, 1.165) is 11.1 Å². The van der Waals surface area contributed by atoms with Gasteiger partial charge >= 0.3 is 5.97 Å². The van der Waals surface area contributed by atoms with Gasteiger partial charge in [0.05, 0.1) is 4.92 Å². The van der Waals surface area contributed by atoms with Crippen LogP contribution in [0, 0.1) is 17.0 Å². The lowest BCUT2D eigenvalue weighted by Gasteiger charge is -2.08. The van der Waals surface area contributed by atoms with Crippen LogP contribution in [0.1, 0.15) is 11.1 Å². The summed E-state index contributed by atoms with van der Waals surface area (Å²) < 4.78 is 4.89. The lowest BCUT2D eigenvalue weighted by Crippen LogP contribution is -2.32. The highest BCUT2D eigenvalue weighted by atomic mass is 16.6. The molecule has 2 aromatic rings. The van der Waals surface area contributed by atoms with Crippen molar-refractivity contribution in [2.24, 2.45) is 0 Å². The summed E-state index contributed by atoms with van der Waals surface area (Å²) in [4.78, 5) is 33.5. The van der Waals surface area contributed by atoms with Crippen LogP contribution < -0.4 is 10.6 Å². The van der Waals surface area contributed by atoms with Gasteiger partial charge < -0.3 is 15.4 Å². The number of esters is 1. The lowest BCUT2D eigenvalue weighted by atomic mass is 10.1. The maximum Gasteiger partial charge on any atom is 0.331 e. The second kappa shape index (κ2) is 10.5. The molecule has 2 aromatic carbocycles. The Hall–Kier alpha value is -3.68. The number of carbonyl (C=O) groups excluding carboxylic acids is 2. The molecule has 28 heavy (non-hydrogen) atoms. The van der Waals surface area contributed by atoms with Crippen LogP contribution in [0.15, 0.2) is 54.6 Å². The van der Waals surface area contributed by atoms with Crippen LogP contribution >= 0.6 is 0 Å². The number of ether oxygens (including phenoxy) is 1. The van der Waals surface area contributed by atoms with E-state index in [0.29, 0.717) is 18.8 Å². The molecule has 0 fully saturated rings. The van der Waals surface area contributed by atoms with E-state index >= 15 is 0 Å². The molecule has 0 bridgehead atoms. The third-order valence-electron chi connectivity index (χ3n) is 3.79. The molecule has 8 nitrogen and oxygen atoms in total. The number of hydrogen-bond acceptors (Lipinski definition) is 6. The number of hydrogen-bond donors (Lipinski definition) is 2. The average Bonchev–Trinajstić information content (AvgIpc) is 2.69. The maximum atomic E-state index is 11.7. The van der Waals surface area contributed by atoms with Crippen LogP contribution in [0.5, 0.6) is 0 Å². The van der Waals surface area contributed by atoms with Gasteiger partial charge in [-0.15, -0.1) is 0 Å². The van der Waals surface area contributed by atoms with Crippen molar-refractivity contribution in [3.05, 3.63) is 75.8 Å². The fraction of sp³-hybridized carbons (Fsp3) is 0.200. The first-order valence-electron chi connectivity index (χ1n) is 8.61. The number of carbonyl (C=O) groups is 2. The number of rotatable bonds is 9. The second-order valence-electron chi connectivity index (χ2n) is 5.88. The third-order valence-corrected chi connectivity index (χ3v) is 3.79. The van der Waals surface area contributed by atoms with Crippen LogP contribution in [0.3, 0.4) is 0 Å². The van der Waals surface area contributed by atoms with Crippen molar-refractivity contribution in [3.8, 4) is 0 Å². The maximum absolute atomic E-state index is 11.7. The van der Waals surface area contributed by atoms with E-state index < -0.39 is 16.8 Å². The van der Waals surface area contributed by atoms with Crippen LogP contribution in [-0.4, -0.2) is 36.5 Å². The average molecular weight is 383 g/mol. The summed E-state index contributed by atoms with van der Waals surface area (Å²) in [7, 11) is 0. The summed E-state index contributed by atoms with van der Waals surface area (Å²) >= 11 is 0. The Morgan fingerprint density at radius 2 is 1.82 bits per heavy atom. The monoisotopic (exact) mass is 383 g/mol. The molecule has 0 aliphatic heterocycles. The van der Waals surface area contributed by atoms with Gasteiger partial charge in [0.1, 0.15) is 0 Å². The predicted molar refractivity (Wildman–Crippen MR) is 106 cm³/mol. The van der Waals surface area contributed by atoms with Crippen molar-refractivity contribution in [2.45, 2.75) is 6.92 Å². The van der Waals surface area contributed by atoms with Gasteiger partial charge in [0, 0.05) is 37.0 Å². The zero-order valence-corrected chi connectivity index (χ0v) is 15.4. The van der Waals surface area contributed by atoms with Gasteiger partial charge in [0.15, 0.2) is 6.61 Å². The number of nitro benzene ring substituents is 1. The Bertz CT molecular complexity index is 862. The van der Waals surface area contributed by atoms with Crippen molar-refractivity contribution in [1.29, 1.82) is 0 Å². The fourth-order valence-electron chi connectivity index (χ4n) is 2.28. The summed E-state index contributed by atoms with van der Waals surface area (Å²) in [5.41, 5.74) is 2.65. The summed E-state index contributed by atoms with van der Waals surface area (Å²) in [6.45, 7) is 2.30. The van der Waals surface area contributed by atoms with E-state index in [9.17, 15) is 19.7 Å². The van der Waals surface area contributed by atoms with Gasteiger partial charge in [0.2, 0.25) is 0 Å². The molecular weight excluding hydrogens is 362 g/mol. The summed E-state index contributed by atoms with van der Waals surface area (Å²) in [6.07, 6.45) is 2.93. The Kier molecular flexibility index (Phi) is 7.71. The second-order valence-corrected chi connectivity index (χ2v) is 5.88. The summed E-state index contributed by atoms with van der Waals surface area (Å²) in [6, 6.07) is 13.6. The quantitative estimate of drug-likeness (QED) is 0.226. The highest BCUT2D eigenvalue weighted by Gasteiger charge is 2.06. The molecule has 0 saturated heterocycles. The molecule has 0 aliphatic carbocycles. The molecule has 0 aliphatic rings. The number of nitrogens with zero attached hydrogens (tertiary/aromatic N) is 1. The molecule has 0 atom stereocenters. The van der Waals surface area contributed by atoms with Crippen molar-refractivity contribution in [2.75, 3.05) is 25.0 Å². The van der Waals surface area contributed by atoms with E-state index in [2.05, 4.69) is 10.6 Å². The largest absolute Gasteiger partial charge is 0.452 e. The van der Waals surface area contributed by atoms with E-state index in [4.69, 9.17) is 4.74 Å². The van der Waals surface area contributed by atoms with Gasteiger partial charge in [-0.1, -0.05) is 24.3 Å². The Morgan fingerprint density at radius 3 is 2.50 bits per heavy atom. The first kappa shape index (κ1) is 20.6. The number of amides is 1. The third kappa shape index (κ3) is 6.91. The zero-order chi connectivity index (χ0) is 20.4. The molecule has 0 aromatic heterocycles. The molecule has 0 spiro atoms. The van der Waals surface area contributed by atoms with Gasteiger partial charge in [-0.3, -0.25) is 14.9 Å². The SMILES string of the molecule is Cc1ccccc1/C=C/C(=O)OCC(=O)NCCNc1ccc([N+](=O)[O-])cc1. The molecule has 2 N–H and O–H groups in total. The number of non-ortho nitro benzene ring substituents is 1. The Labute approximate surface area is 162 Å². The van der Waals surface area contributed by atoms with Crippen molar-refractivity contribution in [3.63, 3.8) is 0 Å². The van der Waals surface area contributed by atoms with Crippen molar-refractivity contribution >= 4 is 29.3 Å². The zero-order valence-electron chi connectivity index (χ0n) is 15.4.